The molecule has 0 N–H and O–H groups in total. The molecule has 0 amide bonds. The fourth-order valence-electron chi connectivity index (χ4n) is 5.54. The van der Waals surface area contributed by atoms with Crippen molar-refractivity contribution in [2.75, 3.05) is 44.4 Å². The molecule has 9 nitrogen and oxygen atoms in total. The number of carbonyl (C=O) groups is 2. The van der Waals surface area contributed by atoms with E-state index in [1.807, 2.05) is 91.0 Å². The first-order chi connectivity index (χ1) is 22.1. The summed E-state index contributed by atoms with van der Waals surface area (Å²) in [6, 6.07) is 29.1. The normalized spacial score (nSPS) is 13.1. The monoisotopic (exact) mass is 605 g/mol. The summed E-state index contributed by atoms with van der Waals surface area (Å²) in [4.78, 5) is 29.7. The quantitative estimate of drug-likeness (QED) is 0.168. The van der Waals surface area contributed by atoms with Crippen molar-refractivity contribution in [3.8, 4) is 28.1 Å². The van der Waals surface area contributed by atoms with Gasteiger partial charge in [0.2, 0.25) is 0 Å². The molecular formula is C36H35N3O6. The Morgan fingerprint density at radius 1 is 0.778 bits per heavy atom. The number of fused-ring (bicyclic) bond motifs is 1. The minimum Gasteiger partial charge on any atom is -0.489 e. The summed E-state index contributed by atoms with van der Waals surface area (Å²) in [5.74, 6) is 0.121. The fraction of sp³-hybridized carbons (Fsp3) is 0.250. The van der Waals surface area contributed by atoms with Crippen molar-refractivity contribution in [2.45, 2.75) is 20.5 Å². The van der Waals surface area contributed by atoms with Crippen LogP contribution in [-0.2, 0) is 20.8 Å². The Morgan fingerprint density at radius 2 is 1.40 bits per heavy atom. The van der Waals surface area contributed by atoms with Crippen molar-refractivity contribution in [2.24, 2.45) is 0 Å². The van der Waals surface area contributed by atoms with Gasteiger partial charge in [0.15, 0.2) is 0 Å². The summed E-state index contributed by atoms with van der Waals surface area (Å²) in [5.41, 5.74) is 4.47. The zero-order chi connectivity index (χ0) is 31.2. The molecule has 9 heteroatoms. The third-order valence-electron chi connectivity index (χ3n) is 7.63. The van der Waals surface area contributed by atoms with Crippen LogP contribution >= 0.6 is 0 Å². The maximum Gasteiger partial charge on any atom is 0.341 e. The number of nitrogens with zero attached hydrogens (tertiary/aromatic N) is 3. The largest absolute Gasteiger partial charge is 0.489 e. The van der Waals surface area contributed by atoms with Crippen LogP contribution in [0.3, 0.4) is 0 Å². The van der Waals surface area contributed by atoms with Gasteiger partial charge in [-0.15, -0.1) is 5.10 Å². The van der Waals surface area contributed by atoms with Crippen LogP contribution in [-0.4, -0.2) is 61.1 Å². The molecule has 1 aliphatic rings. The van der Waals surface area contributed by atoms with Gasteiger partial charge < -0.3 is 23.8 Å². The molecule has 3 heterocycles. The van der Waals surface area contributed by atoms with E-state index in [0.29, 0.717) is 61.3 Å². The van der Waals surface area contributed by atoms with Gasteiger partial charge in [0.1, 0.15) is 29.3 Å². The number of hydrogen-bond acceptors (Lipinski definition) is 8. The molecule has 1 fully saturated rings. The average molecular weight is 606 g/mol. The highest BCUT2D eigenvalue weighted by atomic mass is 16.5. The minimum atomic E-state index is -0.627. The average Bonchev–Trinajstić information content (AvgIpc) is 3.44. The zero-order valence-corrected chi connectivity index (χ0v) is 25.4. The van der Waals surface area contributed by atoms with Crippen LogP contribution in [0.15, 0.2) is 91.0 Å². The van der Waals surface area contributed by atoms with Gasteiger partial charge in [-0.3, -0.25) is 0 Å². The highest BCUT2D eigenvalue weighted by Gasteiger charge is 2.34. The van der Waals surface area contributed by atoms with Crippen LogP contribution in [0.5, 0.6) is 5.75 Å². The Hall–Kier alpha value is -5.15. The first-order valence-electron chi connectivity index (χ1n) is 15.2. The van der Waals surface area contributed by atoms with Crippen LogP contribution in [0.2, 0.25) is 0 Å². The van der Waals surface area contributed by atoms with Crippen molar-refractivity contribution in [3.63, 3.8) is 0 Å². The highest BCUT2D eigenvalue weighted by molar-refractivity contribution is 6.15. The van der Waals surface area contributed by atoms with E-state index in [1.54, 1.807) is 18.4 Å². The number of anilines is 1. The summed E-state index contributed by atoms with van der Waals surface area (Å²) < 4.78 is 24.4. The van der Waals surface area contributed by atoms with Crippen molar-refractivity contribution < 1.29 is 28.5 Å². The molecular weight excluding hydrogens is 570 g/mol. The Kier molecular flexibility index (Phi) is 9.07. The summed E-state index contributed by atoms with van der Waals surface area (Å²) >= 11 is 0. The summed E-state index contributed by atoms with van der Waals surface area (Å²) in [6.45, 7) is 6.64. The molecule has 2 aromatic heterocycles. The smallest absolute Gasteiger partial charge is 0.341 e. The van der Waals surface area contributed by atoms with Crippen LogP contribution in [0.25, 0.3) is 27.9 Å². The second-order valence-corrected chi connectivity index (χ2v) is 10.5. The van der Waals surface area contributed by atoms with E-state index in [9.17, 15) is 9.59 Å². The van der Waals surface area contributed by atoms with Crippen LogP contribution in [0, 0.1) is 0 Å². The van der Waals surface area contributed by atoms with Gasteiger partial charge in [0.05, 0.1) is 37.6 Å². The van der Waals surface area contributed by atoms with Gasteiger partial charge in [-0.05, 0) is 55.3 Å². The van der Waals surface area contributed by atoms with E-state index < -0.39 is 11.9 Å². The highest BCUT2D eigenvalue weighted by Crippen LogP contribution is 2.39. The molecule has 3 aromatic carbocycles. The lowest BCUT2D eigenvalue weighted by molar-refractivity contribution is 0.0482. The number of aromatic nitrogens is 2. The van der Waals surface area contributed by atoms with Gasteiger partial charge in [0, 0.05) is 24.2 Å². The summed E-state index contributed by atoms with van der Waals surface area (Å²) in [5, 5.41) is 5.07. The maximum atomic E-state index is 13.8. The van der Waals surface area contributed by atoms with Gasteiger partial charge in [-0.25, -0.2) is 14.1 Å². The van der Waals surface area contributed by atoms with Crippen LogP contribution in [0.4, 0.5) is 5.82 Å². The van der Waals surface area contributed by atoms with E-state index in [2.05, 4.69) is 4.90 Å². The molecule has 5 aromatic rings. The van der Waals surface area contributed by atoms with E-state index in [-0.39, 0.29) is 24.3 Å². The van der Waals surface area contributed by atoms with Crippen molar-refractivity contribution in [1.82, 2.24) is 9.61 Å². The second-order valence-electron chi connectivity index (χ2n) is 10.5. The molecule has 230 valence electrons. The van der Waals surface area contributed by atoms with Crippen LogP contribution in [0.1, 0.15) is 40.1 Å². The minimum absolute atomic E-state index is 0.108. The first-order valence-corrected chi connectivity index (χ1v) is 15.2. The number of hydrogen-bond donors (Lipinski definition) is 0. The van der Waals surface area contributed by atoms with Gasteiger partial charge >= 0.3 is 11.9 Å². The third kappa shape index (κ3) is 6.25. The molecule has 0 spiro atoms. The van der Waals surface area contributed by atoms with E-state index in [1.165, 1.54) is 0 Å². The van der Waals surface area contributed by atoms with Gasteiger partial charge in [0.25, 0.3) is 0 Å². The Balaban J connectivity index is 1.59. The first kappa shape index (κ1) is 29.9. The van der Waals surface area contributed by atoms with E-state index in [0.717, 1.165) is 16.7 Å². The second kappa shape index (κ2) is 13.7. The van der Waals surface area contributed by atoms with Crippen LogP contribution < -0.4 is 9.64 Å². The van der Waals surface area contributed by atoms with Crippen molar-refractivity contribution in [1.29, 1.82) is 0 Å². The van der Waals surface area contributed by atoms with Gasteiger partial charge in [-0.2, -0.15) is 0 Å². The topological polar surface area (TPSA) is 91.6 Å². The standard InChI is InChI=1S/C36H35N3O6/c1-3-43-35(40)31-32(36(41)44-4-2)34-29(26-13-9-6-10-14-26)23-30(38-19-21-42-22-20-38)37-39(34)33(31)27-15-17-28(18-16-27)45-24-25-11-7-5-8-12-25/h5-18,23H,3-4,19-22,24H2,1-2H3. The predicted octanol–water partition coefficient (Wildman–Crippen LogP) is 6.44. The molecule has 0 unspecified atom stereocenters. The Morgan fingerprint density at radius 3 is 2.04 bits per heavy atom. The van der Waals surface area contributed by atoms with E-state index >= 15 is 0 Å². The van der Waals surface area contributed by atoms with Crippen molar-refractivity contribution in [3.05, 3.63) is 108 Å². The van der Waals surface area contributed by atoms with E-state index in [4.69, 9.17) is 24.0 Å². The molecule has 0 saturated carbocycles. The Bertz CT molecular complexity index is 1780. The zero-order valence-electron chi connectivity index (χ0n) is 25.4. The molecule has 1 aliphatic heterocycles. The number of ether oxygens (including phenoxy) is 4. The Labute approximate surface area is 261 Å². The number of benzene rings is 3. The maximum absolute atomic E-state index is 13.8. The molecule has 0 radical (unpaired) electrons. The van der Waals surface area contributed by atoms with Gasteiger partial charge in [-0.1, -0.05) is 60.7 Å². The lowest BCUT2D eigenvalue weighted by Gasteiger charge is -2.28. The predicted molar refractivity (Wildman–Crippen MR) is 172 cm³/mol. The SMILES string of the molecule is CCOC(=O)c1c(C(=O)OCC)c2c(-c3ccccc3)cc(N3CCOCC3)nn2c1-c1ccc(OCc2ccccc2)cc1. The summed E-state index contributed by atoms with van der Waals surface area (Å²) in [6.07, 6.45) is 0. The number of esters is 2. The van der Waals surface area contributed by atoms with Crippen molar-refractivity contribution >= 4 is 23.3 Å². The number of rotatable bonds is 10. The molecule has 0 atom stereocenters. The molecule has 0 bridgehead atoms. The fourth-order valence-corrected chi connectivity index (χ4v) is 5.54. The number of morpholine rings is 1. The molecule has 1 saturated heterocycles. The number of carbonyl (C=O) groups excluding carboxylic acids is 2. The lowest BCUT2D eigenvalue weighted by atomic mass is 10.0. The third-order valence-corrected chi connectivity index (χ3v) is 7.63. The lowest BCUT2D eigenvalue weighted by Crippen LogP contribution is -2.37. The molecule has 6 rings (SSSR count). The summed E-state index contributed by atoms with van der Waals surface area (Å²) in [7, 11) is 0. The molecule has 45 heavy (non-hydrogen) atoms. The molecule has 0 aliphatic carbocycles.